The number of hydrogen-bond acceptors (Lipinski definition) is 4. The highest BCUT2D eigenvalue weighted by Crippen LogP contribution is 2.40. The Hall–Kier alpha value is -2.24. The summed E-state index contributed by atoms with van der Waals surface area (Å²) in [5, 5.41) is 2.96. The van der Waals surface area contributed by atoms with Gasteiger partial charge in [-0.1, -0.05) is 12.1 Å². The van der Waals surface area contributed by atoms with Crippen LogP contribution in [-0.4, -0.2) is 49.2 Å². The summed E-state index contributed by atoms with van der Waals surface area (Å²) in [6.45, 7) is 7.42. The molecule has 2 aliphatic rings. The average molecular weight is 345 g/mol. The third-order valence-corrected chi connectivity index (χ3v) is 4.69. The fraction of sp³-hybridized carbons (Fsp3) is 0.579. The van der Waals surface area contributed by atoms with E-state index >= 15 is 0 Å². The van der Waals surface area contributed by atoms with E-state index in [1.54, 1.807) is 4.90 Å². The summed E-state index contributed by atoms with van der Waals surface area (Å²) < 4.78 is 5.47. The predicted molar refractivity (Wildman–Crippen MR) is 98.1 cm³/mol. The minimum atomic E-state index is -0.465. The Bertz CT molecular complexity index is 673. The minimum absolute atomic E-state index is 0.0203. The molecule has 0 saturated carbocycles. The number of ether oxygens (including phenoxy) is 1. The lowest BCUT2D eigenvalue weighted by atomic mass is 9.87. The second kappa shape index (κ2) is 6.58. The number of para-hydroxylation sites is 1. The van der Waals surface area contributed by atoms with E-state index in [1.165, 1.54) is 5.56 Å². The quantitative estimate of drug-likeness (QED) is 0.849. The molecule has 6 nitrogen and oxygen atoms in total. The first-order valence-electron chi connectivity index (χ1n) is 8.86. The van der Waals surface area contributed by atoms with Gasteiger partial charge in [0.1, 0.15) is 5.60 Å². The number of fused-ring (bicyclic) bond motifs is 1. The molecule has 0 aromatic heterocycles. The van der Waals surface area contributed by atoms with Crippen LogP contribution in [0.5, 0.6) is 0 Å². The van der Waals surface area contributed by atoms with Crippen LogP contribution in [0.15, 0.2) is 18.2 Å². The molecule has 6 heteroatoms. The van der Waals surface area contributed by atoms with Gasteiger partial charge in [0.05, 0.1) is 17.9 Å². The van der Waals surface area contributed by atoms with Gasteiger partial charge in [0.15, 0.2) is 0 Å². The maximum atomic E-state index is 12.2. The smallest absolute Gasteiger partial charge is 0.410 e. The molecule has 0 unspecified atom stereocenters. The van der Waals surface area contributed by atoms with Gasteiger partial charge in [-0.2, -0.15) is 0 Å². The van der Waals surface area contributed by atoms with Crippen LogP contribution in [0.2, 0.25) is 0 Å². The van der Waals surface area contributed by atoms with E-state index in [0.717, 1.165) is 24.2 Å². The number of rotatable bonds is 1. The number of likely N-dealkylation sites (N-methyl/N-ethyl adjacent to an activating group) is 1. The molecular formula is C19H27N3O3. The van der Waals surface area contributed by atoms with Crippen molar-refractivity contribution in [1.82, 2.24) is 4.90 Å². The van der Waals surface area contributed by atoms with E-state index in [4.69, 9.17) is 4.74 Å². The monoisotopic (exact) mass is 345 g/mol. The number of hydrogen-bond donors (Lipinski definition) is 1. The van der Waals surface area contributed by atoms with E-state index in [-0.39, 0.29) is 12.0 Å². The topological polar surface area (TPSA) is 61.9 Å². The van der Waals surface area contributed by atoms with Crippen molar-refractivity contribution in [2.24, 2.45) is 0 Å². The standard InChI is InChI=1S/C19H27N3O3/c1-19(2,3)25-18(24)22-10-8-13(9-11-22)14-6-5-7-15-17(14)21(4)12-16(23)20-15/h5-7,13H,8-12H2,1-4H3,(H,20,23). The number of likely N-dealkylation sites (tertiary alicyclic amines) is 1. The van der Waals surface area contributed by atoms with Crippen molar-refractivity contribution in [1.29, 1.82) is 0 Å². The Kier molecular flexibility index (Phi) is 4.62. The van der Waals surface area contributed by atoms with Gasteiger partial charge in [-0.05, 0) is 51.2 Å². The van der Waals surface area contributed by atoms with E-state index in [0.29, 0.717) is 25.6 Å². The first-order valence-corrected chi connectivity index (χ1v) is 8.86. The Morgan fingerprint density at radius 1 is 1.24 bits per heavy atom. The van der Waals surface area contributed by atoms with E-state index in [9.17, 15) is 9.59 Å². The van der Waals surface area contributed by atoms with Gasteiger partial charge in [0, 0.05) is 20.1 Å². The van der Waals surface area contributed by atoms with Gasteiger partial charge < -0.3 is 19.9 Å². The zero-order chi connectivity index (χ0) is 18.2. The SMILES string of the molecule is CN1CC(=O)Nc2cccc(C3CCN(C(=O)OC(C)(C)C)CC3)c21. The van der Waals surface area contributed by atoms with Gasteiger partial charge in [-0.15, -0.1) is 0 Å². The lowest BCUT2D eigenvalue weighted by Gasteiger charge is -2.36. The molecule has 0 spiro atoms. The fourth-order valence-corrected chi connectivity index (χ4v) is 3.60. The Balaban J connectivity index is 1.71. The molecule has 1 aromatic rings. The van der Waals surface area contributed by atoms with Gasteiger partial charge >= 0.3 is 6.09 Å². The molecule has 2 aliphatic heterocycles. The first kappa shape index (κ1) is 17.6. The van der Waals surface area contributed by atoms with Crippen molar-refractivity contribution in [2.75, 3.05) is 36.9 Å². The molecule has 2 heterocycles. The summed E-state index contributed by atoms with van der Waals surface area (Å²) in [4.78, 5) is 27.8. The van der Waals surface area contributed by atoms with Crippen LogP contribution in [0.25, 0.3) is 0 Å². The minimum Gasteiger partial charge on any atom is -0.444 e. The van der Waals surface area contributed by atoms with Crippen molar-refractivity contribution in [2.45, 2.75) is 45.1 Å². The number of carbonyl (C=O) groups excluding carboxylic acids is 2. The highest BCUT2D eigenvalue weighted by molar-refractivity contribution is 6.01. The molecular weight excluding hydrogens is 318 g/mol. The first-order chi connectivity index (χ1) is 11.7. The van der Waals surface area contributed by atoms with Crippen molar-refractivity contribution in [3.05, 3.63) is 23.8 Å². The molecule has 3 rings (SSSR count). The molecule has 1 fully saturated rings. The summed E-state index contributed by atoms with van der Waals surface area (Å²) >= 11 is 0. The molecule has 1 saturated heterocycles. The van der Waals surface area contributed by atoms with E-state index < -0.39 is 5.60 Å². The predicted octanol–water partition coefficient (Wildman–Crippen LogP) is 3.19. The zero-order valence-electron chi connectivity index (χ0n) is 15.5. The second-order valence-electron chi connectivity index (χ2n) is 7.89. The van der Waals surface area contributed by atoms with Crippen LogP contribution in [0.4, 0.5) is 16.2 Å². The largest absolute Gasteiger partial charge is 0.444 e. The van der Waals surface area contributed by atoms with E-state index in [2.05, 4.69) is 11.4 Å². The highest BCUT2D eigenvalue weighted by atomic mass is 16.6. The summed E-state index contributed by atoms with van der Waals surface area (Å²) in [6, 6.07) is 6.08. The molecule has 1 aromatic carbocycles. The number of amides is 2. The number of nitrogens with zero attached hydrogens (tertiary/aromatic N) is 2. The fourth-order valence-electron chi connectivity index (χ4n) is 3.60. The molecule has 0 bridgehead atoms. The lowest BCUT2D eigenvalue weighted by Crippen LogP contribution is -2.42. The van der Waals surface area contributed by atoms with E-state index in [1.807, 2.05) is 44.9 Å². The number of carbonyl (C=O) groups is 2. The van der Waals surface area contributed by atoms with Crippen molar-refractivity contribution in [3.63, 3.8) is 0 Å². The number of piperidine rings is 1. The number of benzene rings is 1. The summed E-state index contributed by atoms with van der Waals surface area (Å²) in [6.07, 6.45) is 1.57. The number of anilines is 2. The van der Waals surface area contributed by atoms with Crippen LogP contribution < -0.4 is 10.2 Å². The highest BCUT2D eigenvalue weighted by Gasteiger charge is 2.30. The molecule has 0 atom stereocenters. The number of nitrogens with one attached hydrogen (secondary N) is 1. The zero-order valence-corrected chi connectivity index (χ0v) is 15.5. The van der Waals surface area contributed by atoms with Gasteiger partial charge in [0.25, 0.3) is 0 Å². The lowest BCUT2D eigenvalue weighted by molar-refractivity contribution is -0.115. The molecule has 0 aliphatic carbocycles. The second-order valence-corrected chi connectivity index (χ2v) is 7.89. The normalized spacial score (nSPS) is 18.6. The van der Waals surface area contributed by atoms with Crippen LogP contribution in [0.3, 0.4) is 0 Å². The molecule has 25 heavy (non-hydrogen) atoms. The molecule has 0 radical (unpaired) electrons. The van der Waals surface area contributed by atoms with Crippen LogP contribution >= 0.6 is 0 Å². The van der Waals surface area contributed by atoms with Gasteiger partial charge in [-0.3, -0.25) is 4.79 Å². The molecule has 2 amide bonds. The summed E-state index contributed by atoms with van der Waals surface area (Å²) in [5.74, 6) is 0.401. The maximum Gasteiger partial charge on any atom is 0.410 e. The Labute approximate surface area is 149 Å². The van der Waals surface area contributed by atoms with Crippen LogP contribution in [-0.2, 0) is 9.53 Å². The Morgan fingerprint density at radius 3 is 2.56 bits per heavy atom. The summed E-state index contributed by atoms with van der Waals surface area (Å²) in [5.41, 5.74) is 2.78. The Morgan fingerprint density at radius 2 is 1.92 bits per heavy atom. The molecule has 1 N–H and O–H groups in total. The van der Waals surface area contributed by atoms with Gasteiger partial charge in [-0.25, -0.2) is 4.79 Å². The van der Waals surface area contributed by atoms with Crippen molar-refractivity contribution < 1.29 is 14.3 Å². The van der Waals surface area contributed by atoms with Gasteiger partial charge in [0.2, 0.25) is 5.91 Å². The third-order valence-electron chi connectivity index (χ3n) is 4.69. The van der Waals surface area contributed by atoms with Crippen molar-refractivity contribution in [3.8, 4) is 0 Å². The van der Waals surface area contributed by atoms with Crippen LogP contribution in [0, 0.1) is 0 Å². The maximum absolute atomic E-state index is 12.2. The summed E-state index contributed by atoms with van der Waals surface area (Å²) in [7, 11) is 1.96. The average Bonchev–Trinajstić information content (AvgIpc) is 2.52. The van der Waals surface area contributed by atoms with Crippen molar-refractivity contribution >= 4 is 23.4 Å². The molecule has 136 valence electrons. The third kappa shape index (κ3) is 3.89. The van der Waals surface area contributed by atoms with Crippen LogP contribution in [0.1, 0.15) is 45.1 Å².